The molecule has 0 aromatic heterocycles. The van der Waals surface area contributed by atoms with Gasteiger partial charge in [0.15, 0.2) is 0 Å². The largest absolute Gasteiger partial charge is 0.480 e. The standard InChI is InChI=1S/C37H63N5O8/c1-11-24(4)33(41(8)31(44)22-38-36(46)32(23(2)3)40(6)7)29(49-9)21-30(43)42-19-15-18-28(42)34(50-10)25(5)35(45)39-27(37(47)48)20-26-16-13-12-14-17-26/h12-14,16-17,23-25,27-29,32-34,36,38,46H,11,15,18-22H2,1-10H3,(H,39,45)(H,47,48). The Labute approximate surface area is 299 Å². The predicted molar refractivity (Wildman–Crippen MR) is 192 cm³/mol. The number of carboxylic acids is 1. The average Bonchev–Trinajstić information content (AvgIpc) is 3.56. The number of carboxylic acid groups (broad SMARTS) is 1. The lowest BCUT2D eigenvalue weighted by Gasteiger charge is -2.39. The van der Waals surface area contributed by atoms with Gasteiger partial charge in [-0.05, 0) is 44.3 Å². The number of methoxy groups -OCH3 is 2. The third kappa shape index (κ3) is 11.7. The van der Waals surface area contributed by atoms with E-state index in [-0.39, 0.29) is 49.1 Å². The van der Waals surface area contributed by atoms with Crippen LogP contribution < -0.4 is 10.6 Å². The van der Waals surface area contributed by atoms with Gasteiger partial charge in [0.2, 0.25) is 17.7 Å². The predicted octanol–water partition coefficient (Wildman–Crippen LogP) is 2.21. The number of carbonyl (C=O) groups is 4. The highest BCUT2D eigenvalue weighted by Crippen LogP contribution is 2.29. The Kier molecular flexibility index (Phi) is 17.8. The molecule has 1 fully saturated rings. The first-order valence-corrected chi connectivity index (χ1v) is 17.8. The number of benzene rings is 1. The summed E-state index contributed by atoms with van der Waals surface area (Å²) in [6.45, 7) is 10.2. The lowest BCUT2D eigenvalue weighted by atomic mass is 9.90. The first kappa shape index (κ1) is 43.1. The van der Waals surface area contributed by atoms with Gasteiger partial charge in [-0.25, -0.2) is 4.79 Å². The van der Waals surface area contributed by atoms with Gasteiger partial charge in [0.1, 0.15) is 12.3 Å². The lowest BCUT2D eigenvalue weighted by molar-refractivity contribution is -0.147. The molecule has 284 valence electrons. The van der Waals surface area contributed by atoms with Gasteiger partial charge in [0.05, 0.1) is 49.2 Å². The molecule has 3 amide bonds. The highest BCUT2D eigenvalue weighted by molar-refractivity contribution is 5.85. The molecule has 9 unspecified atom stereocenters. The van der Waals surface area contributed by atoms with E-state index in [4.69, 9.17) is 9.47 Å². The molecular formula is C37H63N5O8. The van der Waals surface area contributed by atoms with Crippen molar-refractivity contribution in [1.29, 1.82) is 0 Å². The molecule has 2 rings (SSSR count). The molecule has 13 heteroatoms. The second-order valence-electron chi connectivity index (χ2n) is 14.3. The maximum absolute atomic E-state index is 14.0. The summed E-state index contributed by atoms with van der Waals surface area (Å²) in [5.74, 6) is -2.58. The van der Waals surface area contributed by atoms with Crippen LogP contribution in [-0.2, 0) is 35.1 Å². The molecule has 9 atom stereocenters. The third-order valence-electron chi connectivity index (χ3n) is 10.3. The molecule has 1 saturated heterocycles. The summed E-state index contributed by atoms with van der Waals surface area (Å²) in [6, 6.07) is 6.98. The number of nitrogens with zero attached hydrogens (tertiary/aromatic N) is 3. The Balaban J connectivity index is 2.17. The van der Waals surface area contributed by atoms with Crippen LogP contribution in [0.3, 0.4) is 0 Å². The highest BCUT2D eigenvalue weighted by Gasteiger charge is 2.42. The zero-order chi connectivity index (χ0) is 37.7. The molecule has 0 bridgehead atoms. The smallest absolute Gasteiger partial charge is 0.326 e. The molecular weight excluding hydrogens is 642 g/mol. The fraction of sp³-hybridized carbons (Fsp3) is 0.730. The van der Waals surface area contributed by atoms with Gasteiger partial charge in [0, 0.05) is 34.2 Å². The molecule has 0 aliphatic carbocycles. The van der Waals surface area contributed by atoms with Crippen LogP contribution in [0.4, 0.5) is 0 Å². The number of amides is 3. The van der Waals surface area contributed by atoms with E-state index in [1.807, 2.05) is 77.0 Å². The number of aliphatic carboxylic acids is 1. The van der Waals surface area contributed by atoms with E-state index in [1.54, 1.807) is 23.8 Å². The van der Waals surface area contributed by atoms with Crippen LogP contribution in [0.5, 0.6) is 0 Å². The number of likely N-dealkylation sites (N-methyl/N-ethyl adjacent to an activating group) is 2. The molecule has 0 spiro atoms. The van der Waals surface area contributed by atoms with Gasteiger partial charge in [-0.1, -0.05) is 71.4 Å². The summed E-state index contributed by atoms with van der Waals surface area (Å²) < 4.78 is 11.8. The monoisotopic (exact) mass is 705 g/mol. The molecule has 50 heavy (non-hydrogen) atoms. The van der Waals surface area contributed by atoms with E-state index >= 15 is 0 Å². The quantitative estimate of drug-likeness (QED) is 0.140. The Morgan fingerprint density at radius 1 is 1.00 bits per heavy atom. The van der Waals surface area contributed by atoms with Crippen molar-refractivity contribution >= 4 is 23.7 Å². The van der Waals surface area contributed by atoms with Crippen molar-refractivity contribution in [2.75, 3.05) is 48.5 Å². The van der Waals surface area contributed by atoms with E-state index in [0.29, 0.717) is 13.0 Å². The summed E-state index contributed by atoms with van der Waals surface area (Å²) in [5, 5.41) is 26.3. The molecule has 1 heterocycles. The van der Waals surface area contributed by atoms with Crippen LogP contribution in [-0.4, -0.2) is 140 Å². The van der Waals surface area contributed by atoms with Gasteiger partial charge in [0.25, 0.3) is 0 Å². The molecule has 1 aliphatic heterocycles. The van der Waals surface area contributed by atoms with Gasteiger partial charge >= 0.3 is 5.97 Å². The summed E-state index contributed by atoms with van der Waals surface area (Å²) in [6.07, 6.45) is 0.0508. The van der Waals surface area contributed by atoms with Crippen LogP contribution in [0.2, 0.25) is 0 Å². The van der Waals surface area contributed by atoms with Crippen LogP contribution in [0.15, 0.2) is 30.3 Å². The number of rotatable bonds is 21. The molecule has 1 aromatic carbocycles. The van der Waals surface area contributed by atoms with Crippen LogP contribution in [0.25, 0.3) is 0 Å². The third-order valence-corrected chi connectivity index (χ3v) is 10.3. The maximum Gasteiger partial charge on any atom is 0.326 e. The number of likely N-dealkylation sites (tertiary alicyclic amines) is 1. The number of hydrogen-bond acceptors (Lipinski definition) is 9. The zero-order valence-electron chi connectivity index (χ0n) is 31.8. The van der Waals surface area contributed by atoms with E-state index < -0.39 is 54.4 Å². The van der Waals surface area contributed by atoms with Crippen molar-refractivity contribution in [3.63, 3.8) is 0 Å². The lowest BCUT2D eigenvalue weighted by Crippen LogP contribution is -2.56. The van der Waals surface area contributed by atoms with E-state index in [2.05, 4.69) is 10.6 Å². The Hall–Kier alpha value is -3.10. The van der Waals surface area contributed by atoms with Crippen molar-refractivity contribution in [3.05, 3.63) is 35.9 Å². The normalized spacial score (nSPS) is 19.7. The summed E-state index contributed by atoms with van der Waals surface area (Å²) in [5.41, 5.74) is 0.789. The Morgan fingerprint density at radius 2 is 1.64 bits per heavy atom. The first-order valence-electron chi connectivity index (χ1n) is 17.8. The Bertz CT molecular complexity index is 1210. The second-order valence-corrected chi connectivity index (χ2v) is 14.3. The maximum atomic E-state index is 14.0. The SMILES string of the molecule is CCC(C)C(C(CC(=O)N1CCCC1C(OC)C(C)C(=O)NC(Cc1ccccc1)C(=O)O)OC)N(C)C(=O)CNC(O)C(C(C)C)N(C)C. The molecule has 4 N–H and O–H groups in total. The van der Waals surface area contributed by atoms with Crippen molar-refractivity contribution in [3.8, 4) is 0 Å². The van der Waals surface area contributed by atoms with E-state index in [9.17, 15) is 29.4 Å². The van der Waals surface area contributed by atoms with Gasteiger partial charge in [-0.3, -0.25) is 19.7 Å². The van der Waals surface area contributed by atoms with Crippen molar-refractivity contribution in [2.24, 2.45) is 17.8 Å². The number of hydrogen-bond donors (Lipinski definition) is 4. The van der Waals surface area contributed by atoms with Crippen molar-refractivity contribution < 1.29 is 38.9 Å². The van der Waals surface area contributed by atoms with Crippen molar-refractivity contribution in [2.45, 2.75) is 109 Å². The number of carbonyl (C=O) groups excluding carboxylic acids is 3. The minimum absolute atomic E-state index is 0.000283. The van der Waals surface area contributed by atoms with Crippen LogP contribution in [0.1, 0.15) is 65.9 Å². The fourth-order valence-corrected chi connectivity index (χ4v) is 7.36. The van der Waals surface area contributed by atoms with Gasteiger partial charge < -0.3 is 39.7 Å². The molecule has 0 radical (unpaired) electrons. The van der Waals surface area contributed by atoms with E-state index in [1.165, 1.54) is 14.2 Å². The molecule has 1 aliphatic rings. The highest BCUT2D eigenvalue weighted by atomic mass is 16.5. The zero-order valence-corrected chi connectivity index (χ0v) is 31.8. The van der Waals surface area contributed by atoms with Crippen LogP contribution in [0, 0.1) is 17.8 Å². The van der Waals surface area contributed by atoms with Crippen molar-refractivity contribution in [1.82, 2.24) is 25.3 Å². The summed E-state index contributed by atoms with van der Waals surface area (Å²) in [4.78, 5) is 58.2. The number of aliphatic hydroxyl groups excluding tert-OH is 1. The number of ether oxygens (including phenoxy) is 2. The van der Waals surface area contributed by atoms with Gasteiger partial charge in [-0.15, -0.1) is 0 Å². The topological polar surface area (TPSA) is 161 Å². The molecule has 1 aromatic rings. The van der Waals surface area contributed by atoms with Gasteiger partial charge in [-0.2, -0.15) is 0 Å². The van der Waals surface area contributed by atoms with E-state index in [0.717, 1.165) is 18.4 Å². The number of nitrogens with one attached hydrogen (secondary N) is 2. The number of aliphatic hydroxyl groups is 1. The first-order chi connectivity index (χ1) is 23.6. The average molecular weight is 706 g/mol. The fourth-order valence-electron chi connectivity index (χ4n) is 7.36. The summed E-state index contributed by atoms with van der Waals surface area (Å²) >= 11 is 0. The minimum atomic E-state index is -1.13. The minimum Gasteiger partial charge on any atom is -0.480 e. The Morgan fingerprint density at radius 3 is 2.16 bits per heavy atom. The molecule has 0 saturated carbocycles. The van der Waals surface area contributed by atoms with Crippen LogP contribution >= 0.6 is 0 Å². The summed E-state index contributed by atoms with van der Waals surface area (Å²) in [7, 11) is 8.52. The molecule has 13 nitrogen and oxygen atoms in total. The second kappa shape index (κ2) is 20.7.